The molecule has 5 rings (SSSR count). The van der Waals surface area contributed by atoms with Crippen LogP contribution >= 0.6 is 0 Å². The van der Waals surface area contributed by atoms with Gasteiger partial charge in [0.1, 0.15) is 24.7 Å². The van der Waals surface area contributed by atoms with Gasteiger partial charge in [-0.15, -0.1) is 0 Å². The minimum Gasteiger partial charge on any atom is -0.470 e. The minimum absolute atomic E-state index is 0.292. The summed E-state index contributed by atoms with van der Waals surface area (Å²) in [6.45, 7) is 6.07. The Hall–Kier alpha value is -4.91. The van der Waals surface area contributed by atoms with Crippen molar-refractivity contribution in [3.63, 3.8) is 0 Å². The molecule has 0 amide bonds. The van der Waals surface area contributed by atoms with E-state index in [1.165, 1.54) is 0 Å². The molecule has 238 valence electrons. The fourth-order valence-electron chi connectivity index (χ4n) is 5.37. The molecule has 0 atom stereocenters. The summed E-state index contributed by atoms with van der Waals surface area (Å²) < 4.78 is 17.6. The van der Waals surface area contributed by atoms with E-state index in [2.05, 4.69) is 5.16 Å². The Morgan fingerprint density at radius 1 is 0.674 bits per heavy atom. The SMILES string of the molecule is CC(C)(C)C(=O)Oc1ccc(C2(C(=O)Oc3ccc(C(=NOCc4ccccc4)OCc4ccccc4)cc3)CCCCC2)cc1. The Labute approximate surface area is 271 Å². The maximum Gasteiger partial charge on any atom is 0.321 e. The average Bonchev–Trinajstić information content (AvgIpc) is 3.08. The molecule has 0 saturated heterocycles. The first-order chi connectivity index (χ1) is 22.2. The molecular formula is C39H41NO6. The van der Waals surface area contributed by atoms with Gasteiger partial charge in [0, 0.05) is 5.56 Å². The van der Waals surface area contributed by atoms with Gasteiger partial charge in [-0.05, 0) is 91.9 Å². The van der Waals surface area contributed by atoms with E-state index in [4.69, 9.17) is 19.0 Å². The lowest BCUT2D eigenvalue weighted by atomic mass is 9.69. The Morgan fingerprint density at radius 2 is 1.22 bits per heavy atom. The normalized spacial score (nSPS) is 14.6. The highest BCUT2D eigenvalue weighted by Crippen LogP contribution is 2.41. The van der Waals surface area contributed by atoms with Crippen molar-refractivity contribution in [1.29, 1.82) is 0 Å². The van der Waals surface area contributed by atoms with Gasteiger partial charge < -0.3 is 19.0 Å². The number of carbonyl (C=O) groups is 2. The molecule has 7 heteroatoms. The molecular weight excluding hydrogens is 578 g/mol. The lowest BCUT2D eigenvalue weighted by Gasteiger charge is -2.35. The van der Waals surface area contributed by atoms with Gasteiger partial charge in [-0.2, -0.15) is 0 Å². The zero-order valence-electron chi connectivity index (χ0n) is 26.7. The predicted octanol–water partition coefficient (Wildman–Crippen LogP) is 8.54. The lowest BCUT2D eigenvalue weighted by Crippen LogP contribution is -2.41. The molecule has 4 aromatic carbocycles. The van der Waals surface area contributed by atoms with Gasteiger partial charge in [-0.25, -0.2) is 0 Å². The number of oxime groups is 1. The number of ether oxygens (including phenoxy) is 3. The van der Waals surface area contributed by atoms with Crippen molar-refractivity contribution in [1.82, 2.24) is 0 Å². The summed E-state index contributed by atoms with van der Waals surface area (Å²) in [4.78, 5) is 31.9. The van der Waals surface area contributed by atoms with Gasteiger partial charge >= 0.3 is 11.9 Å². The molecule has 1 aliphatic rings. The smallest absolute Gasteiger partial charge is 0.321 e. The fraction of sp³-hybridized carbons (Fsp3) is 0.308. The van der Waals surface area contributed by atoms with Crippen molar-refractivity contribution in [3.8, 4) is 11.5 Å². The van der Waals surface area contributed by atoms with E-state index in [0.29, 0.717) is 49.0 Å². The molecule has 0 heterocycles. The van der Waals surface area contributed by atoms with E-state index in [9.17, 15) is 9.59 Å². The number of hydrogen-bond donors (Lipinski definition) is 0. The average molecular weight is 620 g/mol. The second-order valence-electron chi connectivity index (χ2n) is 12.7. The molecule has 0 aliphatic heterocycles. The van der Waals surface area contributed by atoms with Crippen molar-refractivity contribution >= 4 is 17.8 Å². The standard InChI is InChI=1S/C39H41NO6/c1-38(2,3)36(41)45-34-23-19-32(20-24-34)39(25-11-6-12-26-39)37(42)46-33-21-17-31(18-22-33)35(43-27-29-13-7-4-8-14-29)40-44-28-30-15-9-5-10-16-30/h4-5,7-10,13-24H,6,11-12,25-28H2,1-3H3. The van der Waals surface area contributed by atoms with Crippen LogP contribution in [0.2, 0.25) is 0 Å². The monoisotopic (exact) mass is 619 g/mol. The molecule has 0 spiro atoms. The van der Waals surface area contributed by atoms with Crippen molar-refractivity contribution < 1.29 is 28.6 Å². The van der Waals surface area contributed by atoms with Crippen molar-refractivity contribution in [2.45, 2.75) is 71.5 Å². The largest absolute Gasteiger partial charge is 0.470 e. The maximum atomic E-state index is 13.9. The molecule has 0 bridgehead atoms. The highest BCUT2D eigenvalue weighted by atomic mass is 16.6. The van der Waals surface area contributed by atoms with Crippen molar-refractivity contribution in [2.75, 3.05) is 0 Å². The first kappa shape index (κ1) is 32.5. The number of hydrogen-bond acceptors (Lipinski definition) is 7. The van der Waals surface area contributed by atoms with Crippen LogP contribution in [0.1, 0.15) is 75.1 Å². The molecule has 0 radical (unpaired) electrons. The van der Waals surface area contributed by atoms with Gasteiger partial charge in [-0.1, -0.05) is 92.1 Å². The van der Waals surface area contributed by atoms with E-state index in [0.717, 1.165) is 36.0 Å². The maximum absolute atomic E-state index is 13.9. The van der Waals surface area contributed by atoms with Crippen LogP contribution in [0.5, 0.6) is 11.5 Å². The summed E-state index contributed by atoms with van der Waals surface area (Å²) >= 11 is 0. The number of benzene rings is 4. The van der Waals surface area contributed by atoms with Gasteiger partial charge in [0.05, 0.1) is 10.8 Å². The highest BCUT2D eigenvalue weighted by Gasteiger charge is 2.43. The molecule has 1 saturated carbocycles. The second-order valence-corrected chi connectivity index (χ2v) is 12.7. The Balaban J connectivity index is 1.30. The van der Waals surface area contributed by atoms with Crippen LogP contribution in [-0.4, -0.2) is 17.8 Å². The summed E-state index contributed by atoms with van der Waals surface area (Å²) in [6, 6.07) is 34.0. The van der Waals surface area contributed by atoms with Crippen LogP contribution in [0.25, 0.3) is 0 Å². The molecule has 0 aromatic heterocycles. The summed E-state index contributed by atoms with van der Waals surface area (Å²) in [5, 5.41) is 4.31. The molecule has 46 heavy (non-hydrogen) atoms. The quantitative estimate of drug-likeness (QED) is 0.0582. The van der Waals surface area contributed by atoms with E-state index in [1.807, 2.05) is 106 Å². The molecule has 0 N–H and O–H groups in total. The summed E-state index contributed by atoms with van der Waals surface area (Å²) in [6.07, 6.45) is 4.30. The van der Waals surface area contributed by atoms with Gasteiger partial charge in [-0.3, -0.25) is 9.59 Å². The molecule has 1 fully saturated rings. The van der Waals surface area contributed by atoms with Crippen LogP contribution < -0.4 is 9.47 Å². The number of rotatable bonds is 10. The van der Waals surface area contributed by atoms with Gasteiger partial charge in [0.25, 0.3) is 5.90 Å². The topological polar surface area (TPSA) is 83.4 Å². The summed E-state index contributed by atoms with van der Waals surface area (Å²) in [7, 11) is 0. The number of nitrogens with zero attached hydrogens (tertiary/aromatic N) is 1. The summed E-state index contributed by atoms with van der Waals surface area (Å²) in [5.41, 5.74) is 2.16. The molecule has 7 nitrogen and oxygen atoms in total. The van der Waals surface area contributed by atoms with Crippen LogP contribution in [0.15, 0.2) is 114 Å². The Morgan fingerprint density at radius 3 is 1.80 bits per heavy atom. The van der Waals surface area contributed by atoms with Crippen LogP contribution in [-0.2, 0) is 37.8 Å². The number of esters is 2. The predicted molar refractivity (Wildman–Crippen MR) is 177 cm³/mol. The van der Waals surface area contributed by atoms with Gasteiger partial charge in [0.2, 0.25) is 0 Å². The van der Waals surface area contributed by atoms with Crippen LogP contribution in [0.3, 0.4) is 0 Å². The Bertz CT molecular complexity index is 1600. The third kappa shape index (κ3) is 8.42. The molecule has 0 unspecified atom stereocenters. The second kappa shape index (κ2) is 14.9. The Kier molecular flexibility index (Phi) is 10.5. The zero-order valence-corrected chi connectivity index (χ0v) is 26.7. The molecule has 1 aliphatic carbocycles. The number of carbonyl (C=O) groups excluding carboxylic acids is 2. The lowest BCUT2D eigenvalue weighted by molar-refractivity contribution is -0.143. The van der Waals surface area contributed by atoms with E-state index >= 15 is 0 Å². The third-order valence-electron chi connectivity index (χ3n) is 8.08. The van der Waals surface area contributed by atoms with E-state index < -0.39 is 10.8 Å². The van der Waals surface area contributed by atoms with Crippen molar-refractivity contribution in [3.05, 3.63) is 131 Å². The first-order valence-electron chi connectivity index (χ1n) is 15.8. The summed E-state index contributed by atoms with van der Waals surface area (Å²) in [5.74, 6) is 0.616. The van der Waals surface area contributed by atoms with E-state index in [-0.39, 0.29) is 11.9 Å². The highest BCUT2D eigenvalue weighted by molar-refractivity contribution is 5.94. The first-order valence-corrected chi connectivity index (χ1v) is 15.8. The fourth-order valence-corrected chi connectivity index (χ4v) is 5.37. The van der Waals surface area contributed by atoms with Crippen LogP contribution in [0.4, 0.5) is 0 Å². The van der Waals surface area contributed by atoms with Crippen LogP contribution in [0, 0.1) is 5.41 Å². The van der Waals surface area contributed by atoms with E-state index in [1.54, 1.807) is 24.3 Å². The third-order valence-corrected chi connectivity index (χ3v) is 8.08. The minimum atomic E-state index is -0.778. The molecule has 4 aromatic rings. The zero-order chi connectivity index (χ0) is 32.4. The van der Waals surface area contributed by atoms with Crippen molar-refractivity contribution in [2.24, 2.45) is 10.6 Å². The van der Waals surface area contributed by atoms with Gasteiger partial charge in [0.15, 0.2) is 0 Å².